The summed E-state index contributed by atoms with van der Waals surface area (Å²) in [5.74, 6) is -0.0429. The van der Waals surface area contributed by atoms with Crippen LogP contribution in [0.25, 0.3) is 11.5 Å². The van der Waals surface area contributed by atoms with Gasteiger partial charge in [-0.3, -0.25) is 4.79 Å². The van der Waals surface area contributed by atoms with E-state index in [4.69, 9.17) is 4.52 Å². The average molecular weight is 270 g/mol. The lowest BCUT2D eigenvalue weighted by molar-refractivity contribution is -0.137. The standard InChI is InChI=1S/C12H9F3N2O2/c1-7(18)5-10-16-11(19-17-10)8-3-2-4-9(6-8)12(13,14)15/h2-4,6H,5H2,1H3. The number of halogens is 3. The number of carbonyl (C=O) groups is 1. The van der Waals surface area contributed by atoms with Crippen LogP contribution in [-0.2, 0) is 17.4 Å². The molecular formula is C12H9F3N2O2. The Morgan fingerprint density at radius 1 is 1.37 bits per heavy atom. The normalized spacial score (nSPS) is 11.6. The zero-order chi connectivity index (χ0) is 14.0. The van der Waals surface area contributed by atoms with Crippen molar-refractivity contribution in [2.45, 2.75) is 19.5 Å². The quantitative estimate of drug-likeness (QED) is 0.860. The smallest absolute Gasteiger partial charge is 0.334 e. The van der Waals surface area contributed by atoms with Gasteiger partial charge in [0.15, 0.2) is 5.82 Å². The van der Waals surface area contributed by atoms with E-state index in [-0.39, 0.29) is 29.5 Å². The molecule has 19 heavy (non-hydrogen) atoms. The lowest BCUT2D eigenvalue weighted by Gasteiger charge is -2.06. The molecule has 0 aliphatic carbocycles. The van der Waals surface area contributed by atoms with Crippen molar-refractivity contribution >= 4 is 5.78 Å². The van der Waals surface area contributed by atoms with Crippen LogP contribution < -0.4 is 0 Å². The first kappa shape index (κ1) is 13.3. The van der Waals surface area contributed by atoms with Crippen molar-refractivity contribution in [1.82, 2.24) is 10.1 Å². The highest BCUT2D eigenvalue weighted by Gasteiger charge is 2.30. The number of hydrogen-bond acceptors (Lipinski definition) is 4. The third-order valence-electron chi connectivity index (χ3n) is 2.31. The molecule has 0 saturated carbocycles. The first-order valence-corrected chi connectivity index (χ1v) is 5.36. The van der Waals surface area contributed by atoms with Gasteiger partial charge in [0.2, 0.25) is 0 Å². The predicted molar refractivity (Wildman–Crippen MR) is 59.1 cm³/mol. The fourth-order valence-corrected chi connectivity index (χ4v) is 1.49. The zero-order valence-electron chi connectivity index (χ0n) is 9.86. The van der Waals surface area contributed by atoms with Crippen molar-refractivity contribution in [3.05, 3.63) is 35.7 Å². The fourth-order valence-electron chi connectivity index (χ4n) is 1.49. The minimum Gasteiger partial charge on any atom is -0.334 e. The summed E-state index contributed by atoms with van der Waals surface area (Å²) >= 11 is 0. The highest BCUT2D eigenvalue weighted by atomic mass is 19.4. The van der Waals surface area contributed by atoms with Gasteiger partial charge in [-0.05, 0) is 25.1 Å². The third-order valence-corrected chi connectivity index (χ3v) is 2.31. The number of rotatable bonds is 3. The number of Topliss-reactive ketones (excluding diaryl/α,β-unsaturated/α-hetero) is 1. The van der Waals surface area contributed by atoms with Crippen LogP contribution in [0.3, 0.4) is 0 Å². The molecule has 0 N–H and O–H groups in total. The first-order valence-electron chi connectivity index (χ1n) is 5.36. The van der Waals surface area contributed by atoms with Crippen LogP contribution in [0.15, 0.2) is 28.8 Å². The zero-order valence-corrected chi connectivity index (χ0v) is 9.86. The Bertz CT molecular complexity index is 605. The molecule has 0 fully saturated rings. The molecule has 0 aliphatic heterocycles. The Balaban J connectivity index is 2.32. The lowest BCUT2D eigenvalue weighted by atomic mass is 10.1. The molecule has 0 bridgehead atoms. The molecule has 0 amide bonds. The molecule has 1 aromatic carbocycles. The van der Waals surface area contributed by atoms with E-state index in [9.17, 15) is 18.0 Å². The van der Waals surface area contributed by atoms with Crippen molar-refractivity contribution in [3.63, 3.8) is 0 Å². The maximum atomic E-state index is 12.5. The van der Waals surface area contributed by atoms with E-state index < -0.39 is 11.7 Å². The number of benzene rings is 1. The Hall–Kier alpha value is -2.18. The van der Waals surface area contributed by atoms with Crippen molar-refractivity contribution in [2.75, 3.05) is 0 Å². The molecule has 4 nitrogen and oxygen atoms in total. The van der Waals surface area contributed by atoms with Gasteiger partial charge >= 0.3 is 6.18 Å². The summed E-state index contributed by atoms with van der Waals surface area (Å²) in [6, 6.07) is 4.56. The first-order chi connectivity index (χ1) is 8.86. The number of hydrogen-bond donors (Lipinski definition) is 0. The second-order valence-corrected chi connectivity index (χ2v) is 3.97. The Morgan fingerprint density at radius 3 is 2.74 bits per heavy atom. The molecule has 7 heteroatoms. The SMILES string of the molecule is CC(=O)Cc1noc(-c2cccc(C(F)(F)F)c2)n1. The summed E-state index contributed by atoms with van der Waals surface area (Å²) < 4.78 is 42.5. The van der Waals surface area contributed by atoms with Gasteiger partial charge in [0.05, 0.1) is 12.0 Å². The van der Waals surface area contributed by atoms with Crippen LogP contribution in [0.4, 0.5) is 13.2 Å². The molecule has 1 aromatic heterocycles. The maximum Gasteiger partial charge on any atom is 0.416 e. The van der Waals surface area contributed by atoms with Crippen LogP contribution in [-0.4, -0.2) is 15.9 Å². The topological polar surface area (TPSA) is 56.0 Å². The van der Waals surface area contributed by atoms with Crippen molar-refractivity contribution < 1.29 is 22.5 Å². The molecule has 0 atom stereocenters. The van der Waals surface area contributed by atoms with E-state index >= 15 is 0 Å². The molecule has 0 spiro atoms. The van der Waals surface area contributed by atoms with Crippen molar-refractivity contribution in [3.8, 4) is 11.5 Å². The summed E-state index contributed by atoms with van der Waals surface area (Å²) in [6.45, 7) is 1.36. The van der Waals surface area contributed by atoms with Crippen LogP contribution in [0, 0.1) is 0 Å². The summed E-state index contributed by atoms with van der Waals surface area (Å²) in [4.78, 5) is 14.8. The van der Waals surface area contributed by atoms with E-state index in [0.29, 0.717) is 0 Å². The number of alkyl halides is 3. The van der Waals surface area contributed by atoms with Gasteiger partial charge in [-0.1, -0.05) is 11.2 Å². The van der Waals surface area contributed by atoms with Gasteiger partial charge in [-0.2, -0.15) is 18.2 Å². The lowest BCUT2D eigenvalue weighted by Crippen LogP contribution is -2.04. The van der Waals surface area contributed by atoms with Crippen LogP contribution in [0.1, 0.15) is 18.3 Å². The summed E-state index contributed by atoms with van der Waals surface area (Å²) in [5.41, 5.74) is -0.631. The number of aromatic nitrogens is 2. The van der Waals surface area contributed by atoms with E-state index in [2.05, 4.69) is 10.1 Å². The van der Waals surface area contributed by atoms with Gasteiger partial charge in [0.1, 0.15) is 5.78 Å². The Morgan fingerprint density at radius 2 is 2.11 bits per heavy atom. The molecule has 0 saturated heterocycles. The number of ketones is 1. The second kappa shape index (κ2) is 4.83. The monoisotopic (exact) mass is 270 g/mol. The molecule has 100 valence electrons. The van der Waals surface area contributed by atoms with Gasteiger partial charge < -0.3 is 4.52 Å². The Kier molecular flexibility index (Phi) is 3.37. The predicted octanol–water partition coefficient (Wildman–Crippen LogP) is 2.89. The van der Waals surface area contributed by atoms with E-state index in [1.54, 1.807) is 0 Å². The number of carbonyl (C=O) groups excluding carboxylic acids is 1. The van der Waals surface area contributed by atoms with Crippen LogP contribution >= 0.6 is 0 Å². The minimum atomic E-state index is -4.43. The summed E-state index contributed by atoms with van der Waals surface area (Å²) in [7, 11) is 0. The molecule has 2 rings (SSSR count). The molecule has 0 radical (unpaired) electrons. The number of nitrogens with zero attached hydrogens (tertiary/aromatic N) is 2. The van der Waals surface area contributed by atoms with E-state index in [1.807, 2.05) is 0 Å². The van der Waals surface area contributed by atoms with Crippen LogP contribution in [0.2, 0.25) is 0 Å². The van der Waals surface area contributed by atoms with Gasteiger partial charge in [-0.25, -0.2) is 0 Å². The summed E-state index contributed by atoms with van der Waals surface area (Å²) in [6.07, 6.45) is -4.44. The Labute approximate surface area is 106 Å². The fraction of sp³-hybridized carbons (Fsp3) is 0.250. The van der Waals surface area contributed by atoms with E-state index in [0.717, 1.165) is 12.1 Å². The third kappa shape index (κ3) is 3.18. The molecule has 0 aliphatic rings. The summed E-state index contributed by atoms with van der Waals surface area (Å²) in [5, 5.41) is 3.54. The second-order valence-electron chi connectivity index (χ2n) is 3.97. The highest BCUT2D eigenvalue weighted by molar-refractivity contribution is 5.77. The van der Waals surface area contributed by atoms with Crippen molar-refractivity contribution in [1.29, 1.82) is 0 Å². The minimum absolute atomic E-state index is 0.0114. The molecule has 2 aromatic rings. The van der Waals surface area contributed by atoms with Gasteiger partial charge in [-0.15, -0.1) is 0 Å². The largest absolute Gasteiger partial charge is 0.416 e. The van der Waals surface area contributed by atoms with Crippen LogP contribution in [0.5, 0.6) is 0 Å². The molecule has 1 heterocycles. The van der Waals surface area contributed by atoms with E-state index in [1.165, 1.54) is 19.1 Å². The van der Waals surface area contributed by atoms with Gasteiger partial charge in [0.25, 0.3) is 5.89 Å². The van der Waals surface area contributed by atoms with Gasteiger partial charge in [0, 0.05) is 5.56 Å². The molecular weight excluding hydrogens is 261 g/mol. The highest BCUT2D eigenvalue weighted by Crippen LogP contribution is 2.31. The maximum absolute atomic E-state index is 12.5. The average Bonchev–Trinajstić information content (AvgIpc) is 2.76. The molecule has 0 unspecified atom stereocenters. The van der Waals surface area contributed by atoms with Crippen molar-refractivity contribution in [2.24, 2.45) is 0 Å².